The number of aromatic carboxylic acids is 1. The van der Waals surface area contributed by atoms with Gasteiger partial charge in [0.25, 0.3) is 11.8 Å². The number of allylic oxidation sites excluding steroid dienone is 4. The van der Waals surface area contributed by atoms with Crippen LogP contribution in [0.25, 0.3) is 11.1 Å². The zero-order valence-corrected chi connectivity index (χ0v) is 26.2. The number of hydrogen-bond acceptors (Lipinski definition) is 7. The molecule has 3 atom stereocenters. The Hall–Kier alpha value is -5.36. The van der Waals surface area contributed by atoms with Crippen LogP contribution in [0.1, 0.15) is 57.9 Å². The number of aromatic nitrogens is 4. The van der Waals surface area contributed by atoms with E-state index in [1.807, 2.05) is 25.1 Å². The largest absolute Gasteiger partial charge is 0.478 e. The Kier molecular flexibility index (Phi) is 8.86. The van der Waals surface area contributed by atoms with E-state index in [2.05, 4.69) is 20.6 Å². The second kappa shape index (κ2) is 13.2. The fourth-order valence-electron chi connectivity index (χ4n) is 5.93. The molecule has 1 aliphatic carbocycles. The molecular formula is C34H30ClFN6O5. The van der Waals surface area contributed by atoms with Gasteiger partial charge in [0.2, 0.25) is 5.88 Å². The van der Waals surface area contributed by atoms with Crippen molar-refractivity contribution in [3.63, 3.8) is 0 Å². The van der Waals surface area contributed by atoms with Crippen LogP contribution in [0.2, 0.25) is 0 Å². The molecule has 2 amide bonds. The molecule has 3 heterocycles. The minimum atomic E-state index is -1.10. The van der Waals surface area contributed by atoms with Crippen molar-refractivity contribution in [1.82, 2.24) is 24.9 Å². The second-order valence-electron chi connectivity index (χ2n) is 11.2. The number of hydrogen-bond donors (Lipinski definition) is 2. The summed E-state index contributed by atoms with van der Waals surface area (Å²) in [6, 6.07) is 13.0. The van der Waals surface area contributed by atoms with Crippen molar-refractivity contribution in [2.24, 2.45) is 5.92 Å². The highest BCUT2D eigenvalue weighted by Gasteiger charge is 2.39. The highest BCUT2D eigenvalue weighted by molar-refractivity contribution is 6.31. The maximum atomic E-state index is 15.0. The summed E-state index contributed by atoms with van der Waals surface area (Å²) in [6.07, 6.45) is 6.73. The van der Waals surface area contributed by atoms with Gasteiger partial charge in [0, 0.05) is 36.0 Å². The van der Waals surface area contributed by atoms with E-state index in [1.54, 1.807) is 31.3 Å². The number of rotatable bonds is 8. The summed E-state index contributed by atoms with van der Waals surface area (Å²) in [7, 11) is 0. The van der Waals surface area contributed by atoms with E-state index in [-0.39, 0.29) is 28.8 Å². The van der Waals surface area contributed by atoms with Crippen LogP contribution in [0.3, 0.4) is 0 Å². The highest BCUT2D eigenvalue weighted by atomic mass is 35.5. The van der Waals surface area contributed by atoms with E-state index in [0.29, 0.717) is 30.2 Å². The van der Waals surface area contributed by atoms with Crippen molar-refractivity contribution in [3.05, 3.63) is 112 Å². The topological polar surface area (TPSA) is 140 Å². The Morgan fingerprint density at radius 2 is 1.91 bits per heavy atom. The third-order valence-corrected chi connectivity index (χ3v) is 8.52. The molecule has 11 nitrogen and oxygen atoms in total. The van der Waals surface area contributed by atoms with Gasteiger partial charge >= 0.3 is 5.97 Å². The predicted molar refractivity (Wildman–Crippen MR) is 172 cm³/mol. The minimum Gasteiger partial charge on any atom is -0.478 e. The first-order valence-electron chi connectivity index (χ1n) is 15.0. The SMILES string of the molecule is CCOc1ccc(-c2cccc3c2CCN(C(=O)c2cn(C4C(F)=C(Cl)C=CC4C)nn2)C3C(=O)Nc2ccc(C(=O)O)cc2)cn1. The molecule has 2 aromatic carbocycles. The Morgan fingerprint density at radius 3 is 2.62 bits per heavy atom. The molecule has 0 saturated heterocycles. The number of nitrogens with zero attached hydrogens (tertiary/aromatic N) is 5. The van der Waals surface area contributed by atoms with Crippen molar-refractivity contribution in [3.8, 4) is 17.0 Å². The van der Waals surface area contributed by atoms with Gasteiger partial charge in [-0.1, -0.05) is 48.0 Å². The van der Waals surface area contributed by atoms with Gasteiger partial charge in [-0.2, -0.15) is 0 Å². The molecule has 47 heavy (non-hydrogen) atoms. The molecule has 6 rings (SSSR count). The molecular weight excluding hydrogens is 627 g/mol. The molecule has 240 valence electrons. The average Bonchev–Trinajstić information content (AvgIpc) is 3.56. The third kappa shape index (κ3) is 6.24. The normalized spacial score (nSPS) is 18.9. The summed E-state index contributed by atoms with van der Waals surface area (Å²) in [4.78, 5) is 45.3. The molecule has 0 radical (unpaired) electrons. The fraction of sp³-hybridized carbons (Fsp3) is 0.235. The van der Waals surface area contributed by atoms with E-state index in [9.17, 15) is 19.5 Å². The van der Waals surface area contributed by atoms with Gasteiger partial charge in [0.15, 0.2) is 5.69 Å². The molecule has 4 aromatic rings. The van der Waals surface area contributed by atoms with Crippen LogP contribution in [0.5, 0.6) is 5.88 Å². The number of carbonyl (C=O) groups is 3. The molecule has 2 aromatic heterocycles. The fourth-order valence-corrected chi connectivity index (χ4v) is 6.11. The number of anilines is 1. The summed E-state index contributed by atoms with van der Waals surface area (Å²) < 4.78 is 21.8. The number of amides is 2. The van der Waals surface area contributed by atoms with Gasteiger partial charge in [-0.3, -0.25) is 9.59 Å². The number of carboxylic acid groups (broad SMARTS) is 1. The standard InChI is InChI=1S/C34H30ClFN6O5/c1-3-47-28-14-10-21(17-37-28)23-5-4-6-25-24(23)15-16-41(31(25)32(43)38-22-11-8-20(9-12-22)34(45)46)33(44)27-18-42(40-39-27)30-19(2)7-13-26(35)29(30)36/h4-14,17-19,30-31H,3,15-16H2,1-2H3,(H,38,43)(H,45,46). The number of ether oxygens (including phenoxy) is 1. The van der Waals surface area contributed by atoms with Crippen LogP contribution < -0.4 is 10.1 Å². The summed E-state index contributed by atoms with van der Waals surface area (Å²) >= 11 is 6.04. The first kappa shape index (κ1) is 31.6. The molecule has 0 saturated carbocycles. The van der Waals surface area contributed by atoms with Gasteiger partial charge in [-0.25, -0.2) is 18.9 Å². The molecule has 0 fully saturated rings. The van der Waals surface area contributed by atoms with Gasteiger partial charge in [-0.05, 0) is 66.4 Å². The van der Waals surface area contributed by atoms with Crippen LogP contribution in [0.15, 0.2) is 90.0 Å². The lowest BCUT2D eigenvalue weighted by Gasteiger charge is -2.37. The van der Waals surface area contributed by atoms with Crippen molar-refractivity contribution >= 4 is 35.1 Å². The molecule has 0 bridgehead atoms. The molecule has 13 heteroatoms. The first-order chi connectivity index (χ1) is 22.7. The van der Waals surface area contributed by atoms with E-state index in [1.165, 1.54) is 46.1 Å². The number of benzene rings is 2. The van der Waals surface area contributed by atoms with E-state index in [0.717, 1.165) is 16.7 Å². The first-order valence-corrected chi connectivity index (χ1v) is 15.4. The van der Waals surface area contributed by atoms with Gasteiger partial charge < -0.3 is 20.1 Å². The number of halogens is 2. The minimum absolute atomic E-state index is 0.0456. The number of nitrogens with one attached hydrogen (secondary N) is 1. The average molecular weight is 657 g/mol. The van der Waals surface area contributed by atoms with Gasteiger partial charge in [0.05, 0.1) is 23.4 Å². The van der Waals surface area contributed by atoms with Gasteiger partial charge in [-0.15, -0.1) is 5.10 Å². The maximum Gasteiger partial charge on any atom is 0.335 e. The number of fused-ring (bicyclic) bond motifs is 1. The van der Waals surface area contributed by atoms with E-state index < -0.39 is 35.7 Å². The maximum absolute atomic E-state index is 15.0. The zero-order chi connectivity index (χ0) is 33.2. The Balaban J connectivity index is 1.36. The van der Waals surface area contributed by atoms with Crippen molar-refractivity contribution < 1.29 is 28.6 Å². The number of pyridine rings is 1. The summed E-state index contributed by atoms with van der Waals surface area (Å²) in [5, 5.41) is 20.2. The smallest absolute Gasteiger partial charge is 0.335 e. The number of carbonyl (C=O) groups excluding carboxylic acids is 2. The highest BCUT2D eigenvalue weighted by Crippen LogP contribution is 2.39. The lowest BCUT2D eigenvalue weighted by Crippen LogP contribution is -2.45. The summed E-state index contributed by atoms with van der Waals surface area (Å²) in [5.41, 5.74) is 3.52. The Morgan fingerprint density at radius 1 is 1.13 bits per heavy atom. The van der Waals surface area contributed by atoms with E-state index in [4.69, 9.17) is 16.3 Å². The lowest BCUT2D eigenvalue weighted by molar-refractivity contribution is -0.121. The predicted octanol–water partition coefficient (Wildman–Crippen LogP) is 5.98. The molecule has 1 aliphatic heterocycles. The lowest BCUT2D eigenvalue weighted by atomic mass is 9.86. The van der Waals surface area contributed by atoms with Crippen LogP contribution >= 0.6 is 11.6 Å². The van der Waals surface area contributed by atoms with Crippen molar-refractivity contribution in [2.75, 3.05) is 18.5 Å². The van der Waals surface area contributed by atoms with Crippen LogP contribution in [-0.4, -0.2) is 60.9 Å². The van der Waals surface area contributed by atoms with Crippen molar-refractivity contribution in [2.45, 2.75) is 32.4 Å². The second-order valence-corrected chi connectivity index (χ2v) is 11.6. The quantitative estimate of drug-likeness (QED) is 0.236. The summed E-state index contributed by atoms with van der Waals surface area (Å²) in [6.45, 7) is 4.33. The van der Waals surface area contributed by atoms with Crippen molar-refractivity contribution in [1.29, 1.82) is 0 Å². The van der Waals surface area contributed by atoms with E-state index >= 15 is 4.39 Å². The summed E-state index contributed by atoms with van der Waals surface area (Å²) in [5.74, 6) is -2.56. The third-order valence-electron chi connectivity index (χ3n) is 8.22. The molecule has 2 aliphatic rings. The Labute approximate surface area is 274 Å². The van der Waals surface area contributed by atoms with Crippen LogP contribution in [0.4, 0.5) is 10.1 Å². The molecule has 3 unspecified atom stereocenters. The monoisotopic (exact) mass is 656 g/mol. The Bertz CT molecular complexity index is 1910. The van der Waals surface area contributed by atoms with Crippen LogP contribution in [-0.2, 0) is 11.2 Å². The number of carboxylic acids is 1. The molecule has 2 N–H and O–H groups in total. The van der Waals surface area contributed by atoms with Crippen LogP contribution in [0, 0.1) is 5.92 Å². The zero-order valence-electron chi connectivity index (χ0n) is 25.4. The molecule has 0 spiro atoms. The van der Waals surface area contributed by atoms with Gasteiger partial charge in [0.1, 0.15) is 17.9 Å².